The van der Waals surface area contributed by atoms with E-state index in [1.54, 1.807) is 6.08 Å². The minimum Gasteiger partial charge on any atom is -0.399 e. The summed E-state index contributed by atoms with van der Waals surface area (Å²) in [7, 11) is 0. The Morgan fingerprint density at radius 3 is 2.14 bits per heavy atom. The van der Waals surface area contributed by atoms with Crippen molar-refractivity contribution in [1.29, 1.82) is 0 Å². The Morgan fingerprint density at radius 2 is 1.57 bits per heavy atom. The van der Waals surface area contributed by atoms with Crippen LogP contribution in [0.5, 0.6) is 5.75 Å². The first-order valence-electron chi connectivity index (χ1n) is 8.56. The van der Waals surface area contributed by atoms with Crippen molar-refractivity contribution in [1.82, 2.24) is 0 Å². The van der Waals surface area contributed by atoms with E-state index in [1.165, 1.54) is 0 Å². The Kier molecular flexibility index (Phi) is 5.41. The van der Waals surface area contributed by atoms with Gasteiger partial charge in [0.25, 0.3) is 0 Å². The summed E-state index contributed by atoms with van der Waals surface area (Å²) in [5, 5.41) is 0. The number of allylic oxidation sites excluding steroid dienone is 1. The topological polar surface area (TPSA) is 9.23 Å². The van der Waals surface area contributed by atoms with Crippen LogP contribution in [-0.2, 0) is 6.42 Å². The third-order valence-corrected chi connectivity index (χ3v) is 4.49. The molecule has 0 heterocycles. The molecule has 1 aliphatic carbocycles. The summed E-state index contributed by atoms with van der Waals surface area (Å²) >= 11 is 0. The largest absolute Gasteiger partial charge is 0.573 e. The number of hydrogen-bond acceptors (Lipinski definition) is 1. The lowest BCUT2D eigenvalue weighted by atomic mass is 9.87. The van der Waals surface area contributed by atoms with E-state index in [2.05, 4.69) is 4.74 Å². The lowest BCUT2D eigenvalue weighted by Crippen LogP contribution is -2.19. The molecule has 0 radical (unpaired) electrons. The van der Waals surface area contributed by atoms with Gasteiger partial charge in [0.05, 0.1) is 5.56 Å². The van der Waals surface area contributed by atoms with Gasteiger partial charge in [0, 0.05) is 0 Å². The van der Waals surface area contributed by atoms with E-state index in [1.807, 2.05) is 6.92 Å². The summed E-state index contributed by atoms with van der Waals surface area (Å²) in [5.74, 6) is -7.15. The Bertz CT molecular complexity index is 922. The molecule has 1 nitrogen and oxygen atoms in total. The molecule has 8 heteroatoms. The average molecular weight is 404 g/mol. The zero-order chi connectivity index (χ0) is 20.6. The number of alkyl halides is 3. The first-order valence-corrected chi connectivity index (χ1v) is 8.56. The van der Waals surface area contributed by atoms with E-state index in [9.17, 15) is 30.7 Å². The van der Waals surface area contributed by atoms with Crippen molar-refractivity contribution < 1.29 is 35.5 Å². The van der Waals surface area contributed by atoms with Crippen LogP contribution in [0, 0.1) is 23.3 Å². The molecule has 2 aromatic carbocycles. The molecule has 0 aromatic heterocycles. The van der Waals surface area contributed by atoms with Gasteiger partial charge in [0.15, 0.2) is 11.6 Å². The van der Waals surface area contributed by atoms with Crippen molar-refractivity contribution in [2.24, 2.45) is 0 Å². The molecule has 0 saturated heterocycles. The van der Waals surface area contributed by atoms with Crippen LogP contribution in [0.3, 0.4) is 0 Å². The van der Waals surface area contributed by atoms with Gasteiger partial charge in [0.2, 0.25) is 5.75 Å². The molecule has 0 atom stereocenters. The van der Waals surface area contributed by atoms with Gasteiger partial charge >= 0.3 is 6.36 Å². The number of ether oxygens (including phenoxy) is 1. The molecule has 0 spiro atoms. The summed E-state index contributed by atoms with van der Waals surface area (Å²) < 4.78 is 97.4. The molecule has 1 aliphatic rings. The number of halogens is 7. The van der Waals surface area contributed by atoms with Crippen LogP contribution in [0.1, 0.15) is 37.3 Å². The van der Waals surface area contributed by atoms with Crippen molar-refractivity contribution in [3.05, 3.63) is 58.2 Å². The number of benzene rings is 2. The monoisotopic (exact) mass is 404 g/mol. The van der Waals surface area contributed by atoms with Gasteiger partial charge in [-0.1, -0.05) is 25.0 Å². The molecule has 3 rings (SSSR count). The predicted molar refractivity (Wildman–Crippen MR) is 89.6 cm³/mol. The van der Waals surface area contributed by atoms with Crippen LogP contribution in [0.2, 0.25) is 0 Å². The molecule has 0 amide bonds. The zero-order valence-corrected chi connectivity index (χ0v) is 14.7. The molecule has 2 aromatic rings. The highest BCUT2D eigenvalue weighted by atomic mass is 19.4. The van der Waals surface area contributed by atoms with Crippen molar-refractivity contribution >= 4 is 6.08 Å². The van der Waals surface area contributed by atoms with Crippen LogP contribution >= 0.6 is 0 Å². The molecule has 0 unspecified atom stereocenters. The average Bonchev–Trinajstić information content (AvgIpc) is 2.57. The molecular formula is C20H15F7O. The van der Waals surface area contributed by atoms with Crippen LogP contribution in [0.15, 0.2) is 23.8 Å². The summed E-state index contributed by atoms with van der Waals surface area (Å²) in [5.41, 5.74) is 0.361. The predicted octanol–water partition coefficient (Wildman–Crippen LogP) is 6.94. The second-order valence-corrected chi connectivity index (χ2v) is 6.48. The Balaban J connectivity index is 2.08. The van der Waals surface area contributed by atoms with E-state index in [0.717, 1.165) is 24.5 Å². The van der Waals surface area contributed by atoms with Crippen molar-refractivity contribution in [2.45, 2.75) is 39.0 Å². The van der Waals surface area contributed by atoms with Gasteiger partial charge in [-0.25, -0.2) is 17.6 Å². The van der Waals surface area contributed by atoms with Crippen molar-refractivity contribution in [3.8, 4) is 16.9 Å². The van der Waals surface area contributed by atoms with E-state index >= 15 is 0 Å². The highest BCUT2D eigenvalue weighted by molar-refractivity contribution is 5.72. The Labute approximate surface area is 156 Å². The second kappa shape index (κ2) is 7.48. The quantitative estimate of drug-likeness (QED) is 0.502. The van der Waals surface area contributed by atoms with Gasteiger partial charge in [-0.05, 0) is 54.2 Å². The smallest absolute Gasteiger partial charge is 0.399 e. The first kappa shape index (κ1) is 20.2. The van der Waals surface area contributed by atoms with Crippen LogP contribution < -0.4 is 4.74 Å². The summed E-state index contributed by atoms with van der Waals surface area (Å²) in [6.07, 6.45) is -1.07. The fraction of sp³-hybridized carbons (Fsp3) is 0.300. The summed E-state index contributed by atoms with van der Waals surface area (Å²) in [4.78, 5) is 0. The molecule has 0 saturated carbocycles. The molecule has 28 heavy (non-hydrogen) atoms. The summed E-state index contributed by atoms with van der Waals surface area (Å²) in [6, 6.07) is 1.90. The number of fused-ring (bicyclic) bond motifs is 1. The highest BCUT2D eigenvalue weighted by Gasteiger charge is 2.34. The minimum atomic E-state index is -5.31. The number of hydrogen-bond donors (Lipinski definition) is 0. The molecule has 0 N–H and O–H groups in total. The third kappa shape index (κ3) is 4.00. The third-order valence-electron chi connectivity index (χ3n) is 4.49. The van der Waals surface area contributed by atoms with E-state index in [-0.39, 0.29) is 5.56 Å². The Hall–Kier alpha value is -2.51. The van der Waals surface area contributed by atoms with E-state index in [4.69, 9.17) is 0 Å². The maximum atomic E-state index is 14.9. The standard InChI is InChI=1S/C20H15F7O/c1-2-3-10-4-5-13-11(6-10)7-14(21)17(18(13)24)12-8-15(22)19(16(23)9-12)28-20(25,26)27/h6-9H,2-5H2,1H3. The van der Waals surface area contributed by atoms with Gasteiger partial charge < -0.3 is 4.74 Å². The van der Waals surface area contributed by atoms with Crippen LogP contribution in [0.4, 0.5) is 30.7 Å². The zero-order valence-electron chi connectivity index (χ0n) is 14.7. The van der Waals surface area contributed by atoms with Gasteiger partial charge in [-0.3, -0.25) is 0 Å². The summed E-state index contributed by atoms with van der Waals surface area (Å²) in [6.45, 7) is 1.98. The van der Waals surface area contributed by atoms with Gasteiger partial charge in [0.1, 0.15) is 11.6 Å². The molecule has 150 valence electrons. The lowest BCUT2D eigenvalue weighted by Gasteiger charge is -2.20. The van der Waals surface area contributed by atoms with Crippen molar-refractivity contribution in [2.75, 3.05) is 0 Å². The van der Waals surface area contributed by atoms with Crippen LogP contribution in [0.25, 0.3) is 17.2 Å². The Morgan fingerprint density at radius 1 is 0.929 bits per heavy atom. The molecular weight excluding hydrogens is 389 g/mol. The normalized spacial score (nSPS) is 13.9. The lowest BCUT2D eigenvalue weighted by molar-refractivity contribution is -0.276. The molecule has 0 bridgehead atoms. The second-order valence-electron chi connectivity index (χ2n) is 6.48. The maximum Gasteiger partial charge on any atom is 0.573 e. The maximum absolute atomic E-state index is 14.9. The first-order chi connectivity index (χ1) is 13.1. The fourth-order valence-corrected chi connectivity index (χ4v) is 3.34. The molecule has 0 aliphatic heterocycles. The van der Waals surface area contributed by atoms with Crippen molar-refractivity contribution in [3.63, 3.8) is 0 Å². The highest BCUT2D eigenvalue weighted by Crippen LogP contribution is 2.38. The van der Waals surface area contributed by atoms with Gasteiger partial charge in [-0.15, -0.1) is 13.2 Å². The van der Waals surface area contributed by atoms with Gasteiger partial charge in [-0.2, -0.15) is 0 Å². The minimum absolute atomic E-state index is 0.202. The fourth-order valence-electron chi connectivity index (χ4n) is 3.34. The van der Waals surface area contributed by atoms with Crippen LogP contribution in [-0.4, -0.2) is 6.36 Å². The molecule has 0 fully saturated rings. The van der Waals surface area contributed by atoms with E-state index in [0.29, 0.717) is 30.5 Å². The number of rotatable bonds is 4. The SMILES string of the molecule is CCCC1=Cc2cc(F)c(-c3cc(F)c(OC(F)(F)F)c(F)c3)c(F)c2CC1. The van der Waals surface area contributed by atoms with E-state index < -0.39 is 46.5 Å².